The van der Waals surface area contributed by atoms with Gasteiger partial charge >= 0.3 is 0 Å². The Morgan fingerprint density at radius 1 is 1.50 bits per heavy atom. The van der Waals surface area contributed by atoms with Gasteiger partial charge in [-0.1, -0.05) is 13.8 Å². The van der Waals surface area contributed by atoms with E-state index in [4.69, 9.17) is 0 Å². The van der Waals surface area contributed by atoms with Gasteiger partial charge in [0.15, 0.2) is 0 Å². The summed E-state index contributed by atoms with van der Waals surface area (Å²) in [5.74, 6) is 0.386. The van der Waals surface area contributed by atoms with Gasteiger partial charge in [-0.2, -0.15) is 4.37 Å². The first-order valence-corrected chi connectivity index (χ1v) is 4.84. The normalized spacial score (nSPS) is 12.5. The van der Waals surface area contributed by atoms with Crippen molar-refractivity contribution in [1.82, 2.24) is 4.37 Å². The van der Waals surface area contributed by atoms with E-state index in [2.05, 4.69) is 18.2 Å². The Morgan fingerprint density at radius 3 is 2.33 bits per heavy atom. The van der Waals surface area contributed by atoms with Crippen LogP contribution in [0.2, 0.25) is 0 Å². The Bertz CT molecular complexity index is 260. The summed E-state index contributed by atoms with van der Waals surface area (Å²) in [6.45, 7) is 7.24. The lowest BCUT2D eigenvalue weighted by molar-refractivity contribution is 0.227. The highest BCUT2D eigenvalue weighted by molar-refractivity contribution is 7.06. The Labute approximate surface area is 76.8 Å². The van der Waals surface area contributed by atoms with Crippen LogP contribution in [0.15, 0.2) is 6.07 Å². The van der Waals surface area contributed by atoms with Crippen molar-refractivity contribution in [1.29, 1.82) is 0 Å². The Kier molecular flexibility index (Phi) is 2.52. The third kappa shape index (κ3) is 2.03. The molecule has 0 spiro atoms. The summed E-state index contributed by atoms with van der Waals surface area (Å²) in [6, 6.07) is 1.86. The van der Waals surface area contributed by atoms with Gasteiger partial charge in [0.2, 0.25) is 0 Å². The van der Waals surface area contributed by atoms with Gasteiger partial charge in [0.05, 0.1) is 10.6 Å². The van der Waals surface area contributed by atoms with Gasteiger partial charge in [0.25, 0.3) is 0 Å². The lowest BCUT2D eigenvalue weighted by Gasteiger charge is -2.09. The van der Waals surface area contributed by atoms with Crippen LogP contribution < -0.4 is 0 Å². The molecule has 0 saturated heterocycles. The van der Waals surface area contributed by atoms with Crippen LogP contribution in [0.3, 0.4) is 0 Å². The fraction of sp³-hybridized carbons (Fsp3) is 0.667. The minimum Gasteiger partial charge on any atom is -0.238 e. The van der Waals surface area contributed by atoms with Crippen LogP contribution in [0.4, 0.5) is 4.39 Å². The molecule has 0 aromatic carbocycles. The van der Waals surface area contributed by atoms with Crippen molar-refractivity contribution < 1.29 is 4.39 Å². The van der Waals surface area contributed by atoms with Crippen molar-refractivity contribution in [3.05, 3.63) is 16.6 Å². The predicted octanol–water partition coefficient (Wildman–Crippen LogP) is 3.47. The molecule has 0 atom stereocenters. The zero-order chi connectivity index (χ0) is 9.35. The number of nitrogens with zero attached hydrogens (tertiary/aromatic N) is 1. The zero-order valence-corrected chi connectivity index (χ0v) is 8.70. The summed E-state index contributed by atoms with van der Waals surface area (Å²) in [5, 5.41) is 0. The van der Waals surface area contributed by atoms with E-state index < -0.39 is 5.67 Å². The molecular formula is C9H14FNS. The first kappa shape index (κ1) is 9.65. The molecule has 0 amide bonds. The van der Waals surface area contributed by atoms with Crippen molar-refractivity contribution in [2.24, 2.45) is 0 Å². The first-order chi connectivity index (χ1) is 5.41. The average molecular weight is 187 g/mol. The van der Waals surface area contributed by atoms with E-state index in [1.165, 1.54) is 11.5 Å². The van der Waals surface area contributed by atoms with Gasteiger partial charge < -0.3 is 0 Å². The molecule has 1 nitrogen and oxygen atoms in total. The second kappa shape index (κ2) is 3.13. The van der Waals surface area contributed by atoms with E-state index in [0.29, 0.717) is 10.8 Å². The van der Waals surface area contributed by atoms with Crippen LogP contribution >= 0.6 is 11.5 Å². The molecule has 0 saturated carbocycles. The monoisotopic (exact) mass is 187 g/mol. The molecule has 12 heavy (non-hydrogen) atoms. The standard InChI is InChI=1S/C9H14FNS/c1-6(2)7-5-8(12-11-7)9(3,4)10/h5-6H,1-4H3. The number of aromatic nitrogens is 1. The fourth-order valence-corrected chi connectivity index (χ4v) is 1.70. The van der Waals surface area contributed by atoms with E-state index in [9.17, 15) is 4.39 Å². The topological polar surface area (TPSA) is 12.9 Å². The number of hydrogen-bond donors (Lipinski definition) is 0. The molecule has 0 unspecified atom stereocenters. The molecule has 1 aromatic rings. The molecule has 68 valence electrons. The minimum atomic E-state index is -1.25. The highest BCUT2D eigenvalue weighted by Gasteiger charge is 2.22. The van der Waals surface area contributed by atoms with Crippen LogP contribution in [0.1, 0.15) is 44.2 Å². The fourth-order valence-electron chi connectivity index (χ4n) is 0.841. The second-order valence-electron chi connectivity index (χ2n) is 3.74. The Hall–Kier alpha value is -0.440. The van der Waals surface area contributed by atoms with E-state index >= 15 is 0 Å². The first-order valence-electron chi connectivity index (χ1n) is 4.07. The van der Waals surface area contributed by atoms with Gasteiger partial charge in [-0.15, -0.1) is 0 Å². The van der Waals surface area contributed by atoms with E-state index in [-0.39, 0.29) is 0 Å². The lowest BCUT2D eigenvalue weighted by atomic mass is 10.1. The summed E-state index contributed by atoms with van der Waals surface area (Å²) in [4.78, 5) is 0.714. The summed E-state index contributed by atoms with van der Waals surface area (Å²) >= 11 is 1.26. The molecule has 0 aliphatic rings. The molecule has 0 N–H and O–H groups in total. The maximum absolute atomic E-state index is 13.4. The molecule has 0 aliphatic heterocycles. The highest BCUT2D eigenvalue weighted by Crippen LogP contribution is 2.30. The van der Waals surface area contributed by atoms with E-state index in [1.807, 2.05) is 6.07 Å². The average Bonchev–Trinajstić information content (AvgIpc) is 2.30. The molecule has 0 bridgehead atoms. The second-order valence-corrected chi connectivity index (χ2v) is 4.55. The molecule has 0 fully saturated rings. The van der Waals surface area contributed by atoms with Crippen molar-refractivity contribution in [3.63, 3.8) is 0 Å². The number of hydrogen-bond acceptors (Lipinski definition) is 2. The predicted molar refractivity (Wildman–Crippen MR) is 50.3 cm³/mol. The molecular weight excluding hydrogens is 173 g/mol. The Balaban J connectivity index is 2.92. The quantitative estimate of drug-likeness (QED) is 0.690. The van der Waals surface area contributed by atoms with E-state index in [1.54, 1.807) is 13.8 Å². The SMILES string of the molecule is CC(C)c1cc(C(C)(C)F)sn1. The van der Waals surface area contributed by atoms with Crippen LogP contribution in [-0.2, 0) is 5.67 Å². The van der Waals surface area contributed by atoms with Crippen LogP contribution in [0.25, 0.3) is 0 Å². The maximum Gasteiger partial charge on any atom is 0.141 e. The molecule has 0 radical (unpaired) electrons. The molecule has 1 rings (SSSR count). The summed E-state index contributed by atoms with van der Waals surface area (Å²) in [7, 11) is 0. The third-order valence-electron chi connectivity index (χ3n) is 1.71. The molecule has 3 heteroatoms. The highest BCUT2D eigenvalue weighted by atomic mass is 32.1. The van der Waals surface area contributed by atoms with Crippen molar-refractivity contribution in [3.8, 4) is 0 Å². The molecule has 1 heterocycles. The van der Waals surface area contributed by atoms with Crippen LogP contribution in [0, 0.1) is 0 Å². The lowest BCUT2D eigenvalue weighted by Crippen LogP contribution is -2.05. The number of halogens is 1. The van der Waals surface area contributed by atoms with Gasteiger partial charge in [0, 0.05) is 0 Å². The van der Waals surface area contributed by atoms with Crippen molar-refractivity contribution in [2.75, 3.05) is 0 Å². The summed E-state index contributed by atoms with van der Waals surface area (Å²) in [5.41, 5.74) is -0.258. The zero-order valence-electron chi connectivity index (χ0n) is 7.89. The van der Waals surface area contributed by atoms with Gasteiger partial charge in [-0.3, -0.25) is 0 Å². The largest absolute Gasteiger partial charge is 0.238 e. The molecule has 0 aliphatic carbocycles. The maximum atomic E-state index is 13.4. The number of alkyl halides is 1. The smallest absolute Gasteiger partial charge is 0.141 e. The van der Waals surface area contributed by atoms with Crippen LogP contribution in [-0.4, -0.2) is 4.37 Å². The van der Waals surface area contributed by atoms with Crippen molar-refractivity contribution in [2.45, 2.75) is 39.3 Å². The Morgan fingerprint density at radius 2 is 2.08 bits per heavy atom. The van der Waals surface area contributed by atoms with E-state index in [0.717, 1.165) is 5.69 Å². The van der Waals surface area contributed by atoms with Crippen molar-refractivity contribution >= 4 is 11.5 Å². The minimum absolute atomic E-state index is 0.386. The van der Waals surface area contributed by atoms with Gasteiger partial charge in [-0.05, 0) is 37.4 Å². The number of rotatable bonds is 2. The summed E-state index contributed by atoms with van der Waals surface area (Å²) < 4.78 is 17.6. The third-order valence-corrected chi connectivity index (χ3v) is 2.81. The van der Waals surface area contributed by atoms with Gasteiger partial charge in [0.1, 0.15) is 5.67 Å². The van der Waals surface area contributed by atoms with Crippen LogP contribution in [0.5, 0.6) is 0 Å². The molecule has 1 aromatic heterocycles. The van der Waals surface area contributed by atoms with Gasteiger partial charge in [-0.25, -0.2) is 4.39 Å². The summed E-state index contributed by atoms with van der Waals surface area (Å²) in [6.07, 6.45) is 0.